The fraction of sp³-hybridized carbons (Fsp3) is 0.684. The van der Waals surface area contributed by atoms with Crippen LogP contribution < -0.4 is 4.90 Å². The minimum absolute atomic E-state index is 0.281. The molecule has 1 aromatic rings. The lowest BCUT2D eigenvalue weighted by Crippen LogP contribution is -2.44. The normalized spacial score (nSPS) is 28.0. The Morgan fingerprint density at radius 3 is 2.35 bits per heavy atom. The zero-order valence-electron chi connectivity index (χ0n) is 13.6. The molecule has 3 rings (SSSR count). The van der Waals surface area contributed by atoms with Crippen LogP contribution in [0.2, 0.25) is 0 Å². The quantitative estimate of drug-likeness (QED) is 0.668. The minimum atomic E-state index is 0.281. The van der Waals surface area contributed by atoms with Crippen LogP contribution in [0.3, 0.4) is 0 Å². The molecular weight excluding hydrogens is 242 g/mol. The van der Waals surface area contributed by atoms with E-state index in [9.17, 15) is 0 Å². The van der Waals surface area contributed by atoms with Crippen LogP contribution in [-0.2, 0) is 0 Å². The number of hydrogen-bond donors (Lipinski definition) is 0. The van der Waals surface area contributed by atoms with Gasteiger partial charge in [-0.2, -0.15) is 0 Å². The average Bonchev–Trinajstić information content (AvgIpc) is 2.59. The summed E-state index contributed by atoms with van der Waals surface area (Å²) in [5, 5.41) is 0. The molecule has 1 spiro atoms. The van der Waals surface area contributed by atoms with Crippen molar-refractivity contribution in [2.24, 2.45) is 5.41 Å². The van der Waals surface area contributed by atoms with Gasteiger partial charge in [0.05, 0.1) is 0 Å². The highest BCUT2D eigenvalue weighted by molar-refractivity contribution is 5.57. The molecule has 0 N–H and O–H groups in total. The van der Waals surface area contributed by atoms with E-state index in [1.54, 1.807) is 0 Å². The Balaban J connectivity index is 2.00. The molecule has 20 heavy (non-hydrogen) atoms. The molecule has 0 amide bonds. The molecule has 1 heteroatoms. The lowest BCUT2D eigenvalue weighted by molar-refractivity contribution is 0.170. The second-order valence-corrected chi connectivity index (χ2v) is 7.74. The van der Waals surface area contributed by atoms with E-state index in [-0.39, 0.29) is 5.54 Å². The predicted octanol–water partition coefficient (Wildman–Crippen LogP) is 5.32. The van der Waals surface area contributed by atoms with Crippen LogP contribution in [0.25, 0.3) is 0 Å². The summed E-state index contributed by atoms with van der Waals surface area (Å²) in [6, 6.07) is 9.58. The third kappa shape index (κ3) is 2.06. The molecule has 1 saturated carbocycles. The molecule has 0 unspecified atom stereocenters. The maximum absolute atomic E-state index is 2.73. The molecule has 110 valence electrons. The van der Waals surface area contributed by atoms with Gasteiger partial charge >= 0.3 is 0 Å². The first kappa shape index (κ1) is 14.0. The van der Waals surface area contributed by atoms with Gasteiger partial charge in [0.1, 0.15) is 0 Å². The van der Waals surface area contributed by atoms with Gasteiger partial charge in [0.2, 0.25) is 0 Å². The molecule has 1 saturated heterocycles. The van der Waals surface area contributed by atoms with E-state index >= 15 is 0 Å². The number of para-hydroxylation sites is 1. The van der Waals surface area contributed by atoms with Crippen molar-refractivity contribution in [2.45, 2.75) is 77.8 Å². The Hall–Kier alpha value is -0.980. The second-order valence-electron chi connectivity index (χ2n) is 7.74. The van der Waals surface area contributed by atoms with Gasteiger partial charge in [-0.1, -0.05) is 37.5 Å². The molecular formula is C19H29N. The van der Waals surface area contributed by atoms with Crippen molar-refractivity contribution in [3.05, 3.63) is 29.8 Å². The second kappa shape index (κ2) is 4.79. The van der Waals surface area contributed by atoms with Gasteiger partial charge in [0, 0.05) is 17.3 Å². The lowest BCUT2D eigenvalue weighted by Gasteiger charge is -2.41. The molecule has 0 radical (unpaired) electrons. The highest BCUT2D eigenvalue weighted by atomic mass is 15.3. The first-order valence-corrected chi connectivity index (χ1v) is 8.31. The molecule has 1 aromatic carbocycles. The van der Waals surface area contributed by atoms with Crippen LogP contribution in [-0.4, -0.2) is 11.6 Å². The van der Waals surface area contributed by atoms with Crippen molar-refractivity contribution in [3.63, 3.8) is 0 Å². The van der Waals surface area contributed by atoms with E-state index in [4.69, 9.17) is 0 Å². The Morgan fingerprint density at radius 1 is 1.05 bits per heavy atom. The van der Waals surface area contributed by atoms with E-state index in [1.807, 2.05) is 0 Å². The Morgan fingerprint density at radius 2 is 1.70 bits per heavy atom. The summed E-state index contributed by atoms with van der Waals surface area (Å²) in [5.41, 5.74) is 3.71. The van der Waals surface area contributed by atoms with Crippen LogP contribution in [0.5, 0.6) is 0 Å². The Labute approximate surface area is 124 Å². The van der Waals surface area contributed by atoms with Crippen molar-refractivity contribution in [2.75, 3.05) is 4.90 Å². The van der Waals surface area contributed by atoms with Gasteiger partial charge < -0.3 is 4.90 Å². The standard InChI is InChI=1S/C19H29N/c1-15-10-6-7-11-17(15)20-16(2)19(14-18(20,3)4)12-8-5-9-13-19/h6-7,10-11,16H,5,8-9,12-14H2,1-4H3/t16-/m0/s1. The average molecular weight is 271 g/mol. The third-order valence-corrected chi connectivity index (χ3v) is 5.93. The van der Waals surface area contributed by atoms with E-state index < -0.39 is 0 Å². The molecule has 0 aromatic heterocycles. The van der Waals surface area contributed by atoms with Gasteiger partial charge in [0.15, 0.2) is 0 Å². The predicted molar refractivity (Wildman–Crippen MR) is 87.3 cm³/mol. The Bertz CT molecular complexity index is 482. The van der Waals surface area contributed by atoms with Gasteiger partial charge in [-0.3, -0.25) is 0 Å². The largest absolute Gasteiger partial charge is 0.363 e. The molecule has 1 atom stereocenters. The minimum Gasteiger partial charge on any atom is -0.363 e. The topological polar surface area (TPSA) is 3.24 Å². The van der Waals surface area contributed by atoms with Gasteiger partial charge in [-0.05, 0) is 64.0 Å². The zero-order chi connectivity index (χ0) is 14.4. The van der Waals surface area contributed by atoms with Crippen molar-refractivity contribution in [1.29, 1.82) is 0 Å². The van der Waals surface area contributed by atoms with E-state index in [1.165, 1.54) is 49.8 Å². The molecule has 1 heterocycles. The van der Waals surface area contributed by atoms with Crippen LogP contribution in [0.1, 0.15) is 64.9 Å². The monoisotopic (exact) mass is 271 g/mol. The van der Waals surface area contributed by atoms with Crippen LogP contribution in [0, 0.1) is 12.3 Å². The van der Waals surface area contributed by atoms with Gasteiger partial charge in [-0.25, -0.2) is 0 Å². The fourth-order valence-electron chi connectivity index (χ4n) is 5.11. The first-order valence-electron chi connectivity index (χ1n) is 8.31. The molecule has 2 aliphatic rings. The summed E-state index contributed by atoms with van der Waals surface area (Å²) in [6.45, 7) is 9.62. The fourth-order valence-corrected chi connectivity index (χ4v) is 5.11. The highest BCUT2D eigenvalue weighted by Gasteiger charge is 2.53. The first-order chi connectivity index (χ1) is 9.46. The van der Waals surface area contributed by atoms with Crippen LogP contribution >= 0.6 is 0 Å². The maximum Gasteiger partial charge on any atom is 0.0402 e. The molecule has 1 aliphatic heterocycles. The third-order valence-electron chi connectivity index (χ3n) is 5.93. The highest BCUT2D eigenvalue weighted by Crippen LogP contribution is 2.55. The summed E-state index contributed by atoms with van der Waals surface area (Å²) in [5.74, 6) is 0. The molecule has 0 bridgehead atoms. The number of nitrogens with zero attached hydrogens (tertiary/aromatic N) is 1. The van der Waals surface area contributed by atoms with E-state index in [0.717, 1.165) is 0 Å². The van der Waals surface area contributed by atoms with Crippen molar-refractivity contribution < 1.29 is 0 Å². The number of benzene rings is 1. The van der Waals surface area contributed by atoms with Gasteiger partial charge in [-0.15, -0.1) is 0 Å². The summed E-state index contributed by atoms with van der Waals surface area (Å²) in [6.07, 6.45) is 8.53. The number of anilines is 1. The number of rotatable bonds is 1. The van der Waals surface area contributed by atoms with Crippen LogP contribution in [0.4, 0.5) is 5.69 Å². The SMILES string of the molecule is Cc1ccccc1N1[C@@H](C)C2(CCCCC2)CC1(C)C. The molecule has 1 aliphatic carbocycles. The summed E-state index contributed by atoms with van der Waals surface area (Å²) < 4.78 is 0. The number of hydrogen-bond acceptors (Lipinski definition) is 1. The summed E-state index contributed by atoms with van der Waals surface area (Å²) >= 11 is 0. The van der Waals surface area contributed by atoms with E-state index in [0.29, 0.717) is 11.5 Å². The summed E-state index contributed by atoms with van der Waals surface area (Å²) in [4.78, 5) is 2.73. The molecule has 2 fully saturated rings. The van der Waals surface area contributed by atoms with Crippen LogP contribution in [0.15, 0.2) is 24.3 Å². The Kier molecular flexibility index (Phi) is 3.35. The number of aryl methyl sites for hydroxylation is 1. The smallest absolute Gasteiger partial charge is 0.0402 e. The van der Waals surface area contributed by atoms with Crippen molar-refractivity contribution in [1.82, 2.24) is 0 Å². The van der Waals surface area contributed by atoms with Crippen molar-refractivity contribution in [3.8, 4) is 0 Å². The lowest BCUT2D eigenvalue weighted by atomic mass is 9.68. The van der Waals surface area contributed by atoms with Crippen molar-refractivity contribution >= 4 is 5.69 Å². The maximum atomic E-state index is 2.73. The zero-order valence-corrected chi connectivity index (χ0v) is 13.6. The summed E-state index contributed by atoms with van der Waals surface area (Å²) in [7, 11) is 0. The van der Waals surface area contributed by atoms with E-state index in [2.05, 4.69) is 56.9 Å². The molecule has 1 nitrogen and oxygen atoms in total. The van der Waals surface area contributed by atoms with Gasteiger partial charge in [0.25, 0.3) is 0 Å².